The normalized spacial score (nSPS) is 11.3. The summed E-state index contributed by atoms with van der Waals surface area (Å²) in [5, 5.41) is 0. The number of alkyl halides is 3. The molecule has 0 saturated carbocycles. The van der Waals surface area contributed by atoms with Crippen LogP contribution in [0.15, 0.2) is 18.2 Å². The minimum absolute atomic E-state index is 0.0283. The third kappa shape index (κ3) is 2.53. The van der Waals surface area contributed by atoms with E-state index in [1.807, 2.05) is 0 Å². The lowest BCUT2D eigenvalue weighted by atomic mass is 10.1. The highest BCUT2D eigenvalue weighted by Gasteiger charge is 2.34. The van der Waals surface area contributed by atoms with E-state index in [1.54, 1.807) is 14.0 Å². The Morgan fingerprint density at radius 1 is 1.38 bits per heavy atom. The molecule has 0 fully saturated rings. The van der Waals surface area contributed by atoms with Crippen molar-refractivity contribution in [1.82, 2.24) is 0 Å². The van der Waals surface area contributed by atoms with Crippen LogP contribution >= 0.6 is 0 Å². The third-order valence-corrected chi connectivity index (χ3v) is 2.35. The first-order valence-corrected chi connectivity index (χ1v) is 4.77. The number of hydrogen-bond donors (Lipinski definition) is 0. The van der Waals surface area contributed by atoms with Crippen molar-refractivity contribution in [1.29, 1.82) is 0 Å². The summed E-state index contributed by atoms with van der Waals surface area (Å²) >= 11 is 0. The number of benzene rings is 1. The summed E-state index contributed by atoms with van der Waals surface area (Å²) in [5.74, 6) is 0. The molecule has 0 atom stereocenters. The number of halogens is 3. The van der Waals surface area contributed by atoms with Crippen molar-refractivity contribution in [2.75, 3.05) is 18.5 Å². The number of aldehydes is 1. The van der Waals surface area contributed by atoms with Gasteiger partial charge in [-0.1, -0.05) is 0 Å². The van der Waals surface area contributed by atoms with Crippen LogP contribution in [0.5, 0.6) is 0 Å². The number of nitrogens with zero attached hydrogens (tertiary/aromatic N) is 1. The van der Waals surface area contributed by atoms with Crippen molar-refractivity contribution in [3.8, 4) is 0 Å². The highest BCUT2D eigenvalue weighted by molar-refractivity contribution is 5.77. The molecule has 1 aromatic carbocycles. The molecule has 0 aromatic heterocycles. The van der Waals surface area contributed by atoms with Gasteiger partial charge in [-0.25, -0.2) is 0 Å². The minimum Gasteiger partial charge on any atom is -0.374 e. The molecule has 0 unspecified atom stereocenters. The molecule has 5 heteroatoms. The second kappa shape index (κ2) is 4.55. The zero-order valence-electron chi connectivity index (χ0n) is 9.01. The Balaban J connectivity index is 3.33. The number of carbonyl (C=O) groups excluding carboxylic acids is 1. The molecule has 0 radical (unpaired) electrons. The Labute approximate surface area is 91.7 Å². The van der Waals surface area contributed by atoms with Crippen LogP contribution in [0, 0.1) is 0 Å². The van der Waals surface area contributed by atoms with E-state index in [0.29, 0.717) is 12.8 Å². The Kier molecular flexibility index (Phi) is 3.57. The van der Waals surface area contributed by atoms with Crippen LogP contribution in [-0.4, -0.2) is 19.9 Å². The molecule has 1 aromatic rings. The molecule has 0 bridgehead atoms. The van der Waals surface area contributed by atoms with E-state index in [9.17, 15) is 18.0 Å². The standard InChI is InChI=1S/C11H12F3NO/c1-3-15(2)10-5-4-8(7-16)6-9(10)11(12,13)14/h4-7H,3H2,1-2H3. The van der Waals surface area contributed by atoms with Crippen LogP contribution in [0.3, 0.4) is 0 Å². The SMILES string of the molecule is CCN(C)c1ccc(C=O)cc1C(F)(F)F. The summed E-state index contributed by atoms with van der Waals surface area (Å²) in [4.78, 5) is 11.9. The second-order valence-corrected chi connectivity index (χ2v) is 3.41. The van der Waals surface area contributed by atoms with Gasteiger partial charge in [-0.2, -0.15) is 13.2 Å². The van der Waals surface area contributed by atoms with Crippen LogP contribution in [0.4, 0.5) is 18.9 Å². The van der Waals surface area contributed by atoms with Crippen molar-refractivity contribution < 1.29 is 18.0 Å². The third-order valence-electron chi connectivity index (χ3n) is 2.35. The molecule has 0 N–H and O–H groups in total. The van der Waals surface area contributed by atoms with E-state index in [4.69, 9.17) is 0 Å². The first-order valence-electron chi connectivity index (χ1n) is 4.77. The molecule has 0 amide bonds. The van der Waals surface area contributed by atoms with Crippen molar-refractivity contribution in [3.63, 3.8) is 0 Å². The summed E-state index contributed by atoms with van der Waals surface area (Å²) in [6.07, 6.45) is -4.04. The van der Waals surface area contributed by atoms with E-state index in [-0.39, 0.29) is 11.3 Å². The largest absolute Gasteiger partial charge is 0.418 e. The zero-order chi connectivity index (χ0) is 12.3. The molecule has 0 aliphatic heterocycles. The summed E-state index contributed by atoms with van der Waals surface area (Å²) in [6.45, 7) is 2.22. The van der Waals surface area contributed by atoms with E-state index < -0.39 is 11.7 Å². The highest BCUT2D eigenvalue weighted by Crippen LogP contribution is 2.36. The Bertz CT molecular complexity index is 387. The van der Waals surface area contributed by atoms with Crippen molar-refractivity contribution in [3.05, 3.63) is 29.3 Å². The smallest absolute Gasteiger partial charge is 0.374 e. The van der Waals surface area contributed by atoms with Gasteiger partial charge in [0, 0.05) is 24.8 Å². The first kappa shape index (κ1) is 12.5. The number of anilines is 1. The van der Waals surface area contributed by atoms with Crippen LogP contribution < -0.4 is 4.90 Å². The second-order valence-electron chi connectivity index (χ2n) is 3.41. The monoisotopic (exact) mass is 231 g/mol. The van der Waals surface area contributed by atoms with Gasteiger partial charge in [0.25, 0.3) is 0 Å². The number of rotatable bonds is 3. The topological polar surface area (TPSA) is 20.3 Å². The maximum Gasteiger partial charge on any atom is 0.418 e. The van der Waals surface area contributed by atoms with Gasteiger partial charge in [-0.05, 0) is 25.1 Å². The van der Waals surface area contributed by atoms with Gasteiger partial charge in [-0.15, -0.1) is 0 Å². The first-order chi connectivity index (χ1) is 7.40. The maximum absolute atomic E-state index is 12.7. The predicted molar refractivity (Wildman–Crippen MR) is 55.8 cm³/mol. The maximum atomic E-state index is 12.7. The van der Waals surface area contributed by atoms with Gasteiger partial charge < -0.3 is 4.90 Å². The van der Waals surface area contributed by atoms with E-state index in [0.717, 1.165) is 6.07 Å². The zero-order valence-corrected chi connectivity index (χ0v) is 9.01. The van der Waals surface area contributed by atoms with E-state index >= 15 is 0 Å². The Hall–Kier alpha value is -1.52. The number of hydrogen-bond acceptors (Lipinski definition) is 2. The van der Waals surface area contributed by atoms with Gasteiger partial charge in [-0.3, -0.25) is 4.79 Å². The lowest BCUT2D eigenvalue weighted by Crippen LogP contribution is -2.21. The summed E-state index contributed by atoms with van der Waals surface area (Å²) < 4.78 is 38.2. The molecule has 1 rings (SSSR count). The average Bonchev–Trinajstić information content (AvgIpc) is 2.26. The predicted octanol–water partition coefficient (Wildman–Crippen LogP) is 2.97. The fraction of sp³-hybridized carbons (Fsp3) is 0.364. The van der Waals surface area contributed by atoms with Gasteiger partial charge in [0.1, 0.15) is 6.29 Å². The van der Waals surface area contributed by atoms with Crippen molar-refractivity contribution in [2.45, 2.75) is 13.1 Å². The lowest BCUT2D eigenvalue weighted by molar-refractivity contribution is -0.137. The van der Waals surface area contributed by atoms with E-state index in [1.165, 1.54) is 17.0 Å². The molecule has 0 spiro atoms. The van der Waals surface area contributed by atoms with Gasteiger partial charge in [0.2, 0.25) is 0 Å². The molecule has 88 valence electrons. The Morgan fingerprint density at radius 3 is 2.44 bits per heavy atom. The fourth-order valence-corrected chi connectivity index (χ4v) is 1.36. The fourth-order valence-electron chi connectivity index (χ4n) is 1.36. The van der Waals surface area contributed by atoms with Gasteiger partial charge in [0.05, 0.1) is 5.56 Å². The summed E-state index contributed by atoms with van der Waals surface area (Å²) in [5.41, 5.74) is -0.664. The quantitative estimate of drug-likeness (QED) is 0.745. The summed E-state index contributed by atoms with van der Waals surface area (Å²) in [7, 11) is 1.57. The summed E-state index contributed by atoms with van der Waals surface area (Å²) in [6, 6.07) is 3.56. The van der Waals surface area contributed by atoms with Crippen LogP contribution in [0.1, 0.15) is 22.8 Å². The van der Waals surface area contributed by atoms with Gasteiger partial charge in [0.15, 0.2) is 0 Å². The van der Waals surface area contributed by atoms with E-state index in [2.05, 4.69) is 0 Å². The molecule has 0 heterocycles. The minimum atomic E-state index is -4.45. The van der Waals surface area contributed by atoms with Crippen molar-refractivity contribution >= 4 is 12.0 Å². The van der Waals surface area contributed by atoms with Crippen molar-refractivity contribution in [2.24, 2.45) is 0 Å². The lowest BCUT2D eigenvalue weighted by Gasteiger charge is -2.22. The molecular weight excluding hydrogens is 219 g/mol. The Morgan fingerprint density at radius 2 is 2.00 bits per heavy atom. The average molecular weight is 231 g/mol. The molecule has 0 saturated heterocycles. The molecule has 16 heavy (non-hydrogen) atoms. The molecule has 0 aliphatic carbocycles. The van der Waals surface area contributed by atoms with Crippen LogP contribution in [-0.2, 0) is 6.18 Å². The molecule has 2 nitrogen and oxygen atoms in total. The van der Waals surface area contributed by atoms with Crippen LogP contribution in [0.2, 0.25) is 0 Å². The van der Waals surface area contributed by atoms with Crippen LogP contribution in [0.25, 0.3) is 0 Å². The number of carbonyl (C=O) groups is 1. The molecule has 0 aliphatic rings. The van der Waals surface area contributed by atoms with Gasteiger partial charge >= 0.3 is 6.18 Å². The highest BCUT2D eigenvalue weighted by atomic mass is 19.4. The molecular formula is C11H12F3NO.